The first-order valence-corrected chi connectivity index (χ1v) is 9.48. The Morgan fingerprint density at radius 3 is 2.43 bits per heavy atom. The predicted molar refractivity (Wildman–Crippen MR) is 107 cm³/mol. The molecule has 0 aliphatic carbocycles. The van der Waals surface area contributed by atoms with Crippen LogP contribution in [-0.4, -0.2) is 54.0 Å². The Hall–Kier alpha value is -2.77. The van der Waals surface area contributed by atoms with Gasteiger partial charge >= 0.3 is 0 Å². The number of amides is 2. The van der Waals surface area contributed by atoms with Crippen LogP contribution < -0.4 is 10.6 Å². The minimum absolute atomic E-state index is 0.0700. The van der Waals surface area contributed by atoms with Gasteiger partial charge < -0.3 is 15.4 Å². The third kappa shape index (κ3) is 5.15. The molecular weight excluding hydrogens is 356 g/mol. The molecule has 2 amide bonds. The summed E-state index contributed by atoms with van der Waals surface area (Å²) in [5.74, 6) is -0.260. The number of ether oxygens (including phenoxy) is 1. The summed E-state index contributed by atoms with van der Waals surface area (Å²) in [4.78, 5) is 31.4. The van der Waals surface area contributed by atoms with E-state index in [0.717, 1.165) is 5.56 Å². The van der Waals surface area contributed by atoms with Crippen molar-refractivity contribution < 1.29 is 14.3 Å². The van der Waals surface area contributed by atoms with Crippen molar-refractivity contribution in [3.05, 3.63) is 59.9 Å². The van der Waals surface area contributed by atoms with Crippen LogP contribution in [-0.2, 0) is 9.53 Å². The zero-order valence-corrected chi connectivity index (χ0v) is 16.2. The summed E-state index contributed by atoms with van der Waals surface area (Å²) in [5, 5.41) is 5.81. The van der Waals surface area contributed by atoms with E-state index in [-0.39, 0.29) is 17.9 Å². The van der Waals surface area contributed by atoms with Crippen LogP contribution >= 0.6 is 0 Å². The number of anilines is 1. The van der Waals surface area contributed by atoms with Crippen LogP contribution in [0.3, 0.4) is 0 Å². The average Bonchev–Trinajstić information content (AvgIpc) is 2.70. The molecule has 3 rings (SSSR count). The second-order valence-electron chi connectivity index (χ2n) is 7.03. The third-order valence-corrected chi connectivity index (χ3v) is 4.49. The van der Waals surface area contributed by atoms with Crippen molar-refractivity contribution in [1.82, 2.24) is 15.2 Å². The summed E-state index contributed by atoms with van der Waals surface area (Å²) >= 11 is 0. The molecule has 7 nitrogen and oxygen atoms in total. The Bertz CT molecular complexity index is 787. The van der Waals surface area contributed by atoms with Gasteiger partial charge in [-0.2, -0.15) is 0 Å². The monoisotopic (exact) mass is 382 g/mol. The number of hydrogen-bond donors (Lipinski definition) is 2. The number of nitrogens with one attached hydrogen (secondary N) is 2. The topological polar surface area (TPSA) is 83.6 Å². The van der Waals surface area contributed by atoms with Crippen molar-refractivity contribution in [2.45, 2.75) is 25.9 Å². The first kappa shape index (κ1) is 20.0. The Balaban J connectivity index is 1.73. The molecule has 1 saturated heterocycles. The molecule has 1 fully saturated rings. The highest BCUT2D eigenvalue weighted by atomic mass is 16.5. The zero-order valence-electron chi connectivity index (χ0n) is 16.2. The van der Waals surface area contributed by atoms with E-state index in [1.165, 1.54) is 0 Å². The lowest BCUT2D eigenvalue weighted by atomic mass is 10.1. The van der Waals surface area contributed by atoms with Crippen LogP contribution in [0, 0.1) is 0 Å². The van der Waals surface area contributed by atoms with E-state index in [2.05, 4.69) is 20.5 Å². The Kier molecular flexibility index (Phi) is 6.73. The zero-order chi connectivity index (χ0) is 19.9. The molecule has 28 heavy (non-hydrogen) atoms. The lowest BCUT2D eigenvalue weighted by molar-refractivity contribution is -0.123. The van der Waals surface area contributed by atoms with E-state index < -0.39 is 6.04 Å². The van der Waals surface area contributed by atoms with Crippen LogP contribution in [0.4, 0.5) is 5.69 Å². The van der Waals surface area contributed by atoms with Crippen molar-refractivity contribution in [2.75, 3.05) is 31.6 Å². The minimum atomic E-state index is -0.443. The summed E-state index contributed by atoms with van der Waals surface area (Å²) in [5.41, 5.74) is 2.05. The second kappa shape index (κ2) is 9.43. The number of pyridine rings is 1. The summed E-state index contributed by atoms with van der Waals surface area (Å²) in [6.45, 7) is 6.39. The molecule has 1 aliphatic rings. The van der Waals surface area contributed by atoms with Crippen molar-refractivity contribution in [2.24, 2.45) is 0 Å². The van der Waals surface area contributed by atoms with Gasteiger partial charge in [0.1, 0.15) is 6.04 Å². The second-order valence-corrected chi connectivity index (χ2v) is 7.03. The van der Waals surface area contributed by atoms with Crippen molar-refractivity contribution in [3.63, 3.8) is 0 Å². The van der Waals surface area contributed by atoms with Gasteiger partial charge in [0.15, 0.2) is 0 Å². The summed E-state index contributed by atoms with van der Waals surface area (Å²) < 4.78 is 5.42. The lowest BCUT2D eigenvalue weighted by Gasteiger charge is -2.33. The van der Waals surface area contributed by atoms with E-state index >= 15 is 0 Å². The number of morpholine rings is 1. The van der Waals surface area contributed by atoms with E-state index in [1.807, 2.05) is 26.0 Å². The van der Waals surface area contributed by atoms with Crippen LogP contribution in [0.5, 0.6) is 0 Å². The first-order chi connectivity index (χ1) is 13.5. The van der Waals surface area contributed by atoms with Gasteiger partial charge in [-0.3, -0.25) is 19.5 Å². The van der Waals surface area contributed by atoms with Crippen LogP contribution in [0.1, 0.15) is 35.8 Å². The van der Waals surface area contributed by atoms with Gasteiger partial charge in [-0.15, -0.1) is 0 Å². The molecule has 1 aliphatic heterocycles. The van der Waals surface area contributed by atoms with Gasteiger partial charge in [-0.1, -0.05) is 6.07 Å². The van der Waals surface area contributed by atoms with Gasteiger partial charge in [0.2, 0.25) is 5.91 Å². The highest BCUT2D eigenvalue weighted by molar-refractivity contribution is 5.97. The molecule has 2 aromatic rings. The molecule has 148 valence electrons. The summed E-state index contributed by atoms with van der Waals surface area (Å²) in [6.07, 6.45) is 3.41. The van der Waals surface area contributed by atoms with E-state index in [9.17, 15) is 9.59 Å². The summed E-state index contributed by atoms with van der Waals surface area (Å²) in [7, 11) is 0. The van der Waals surface area contributed by atoms with Crippen molar-refractivity contribution in [1.29, 1.82) is 0 Å². The van der Waals surface area contributed by atoms with Crippen LogP contribution in [0.25, 0.3) is 0 Å². The molecule has 0 spiro atoms. The van der Waals surface area contributed by atoms with Crippen molar-refractivity contribution in [3.8, 4) is 0 Å². The van der Waals surface area contributed by atoms with Crippen LogP contribution in [0.15, 0.2) is 48.8 Å². The maximum Gasteiger partial charge on any atom is 0.251 e. The van der Waals surface area contributed by atoms with Gasteiger partial charge in [-0.05, 0) is 49.7 Å². The highest BCUT2D eigenvalue weighted by Gasteiger charge is 2.29. The lowest BCUT2D eigenvalue weighted by Crippen LogP contribution is -2.43. The molecule has 2 heterocycles. The number of nitrogens with zero attached hydrogens (tertiary/aromatic N) is 2. The molecule has 1 aromatic heterocycles. The number of benzene rings is 1. The number of carbonyl (C=O) groups excluding carboxylic acids is 2. The molecule has 2 N–H and O–H groups in total. The Labute approximate surface area is 165 Å². The molecule has 1 atom stereocenters. The van der Waals surface area contributed by atoms with Gasteiger partial charge in [0, 0.05) is 42.8 Å². The van der Waals surface area contributed by atoms with Crippen LogP contribution in [0.2, 0.25) is 0 Å². The van der Waals surface area contributed by atoms with Gasteiger partial charge in [0.05, 0.1) is 13.2 Å². The molecule has 0 saturated carbocycles. The Morgan fingerprint density at radius 1 is 1.11 bits per heavy atom. The first-order valence-electron chi connectivity index (χ1n) is 9.48. The minimum Gasteiger partial charge on any atom is -0.379 e. The normalized spacial score (nSPS) is 15.8. The molecule has 7 heteroatoms. The maximum atomic E-state index is 13.1. The average molecular weight is 382 g/mol. The number of hydrogen-bond acceptors (Lipinski definition) is 5. The van der Waals surface area contributed by atoms with E-state index in [1.54, 1.807) is 36.7 Å². The molecule has 1 unspecified atom stereocenters. The number of carbonyl (C=O) groups is 2. The largest absolute Gasteiger partial charge is 0.379 e. The molecule has 1 aromatic carbocycles. The fraction of sp³-hybridized carbons (Fsp3) is 0.381. The van der Waals surface area contributed by atoms with E-state index in [4.69, 9.17) is 4.74 Å². The smallest absolute Gasteiger partial charge is 0.251 e. The molecular formula is C21H26N4O3. The number of aromatic nitrogens is 1. The summed E-state index contributed by atoms with van der Waals surface area (Å²) in [6, 6.07) is 10.3. The quantitative estimate of drug-likeness (QED) is 0.801. The van der Waals surface area contributed by atoms with E-state index in [0.29, 0.717) is 37.6 Å². The fourth-order valence-electron chi connectivity index (χ4n) is 3.16. The van der Waals surface area contributed by atoms with Gasteiger partial charge in [0.25, 0.3) is 5.91 Å². The molecule has 0 radical (unpaired) electrons. The maximum absolute atomic E-state index is 13.1. The predicted octanol–water partition coefficient (Wildman–Crippen LogP) is 2.23. The SMILES string of the molecule is CC(C)NC(=O)c1ccc(NC(=O)C(c2cccnc2)N2CCOCC2)cc1. The Morgan fingerprint density at radius 2 is 1.82 bits per heavy atom. The van der Waals surface area contributed by atoms with Gasteiger partial charge in [-0.25, -0.2) is 0 Å². The number of rotatable bonds is 6. The molecule has 0 bridgehead atoms. The third-order valence-electron chi connectivity index (χ3n) is 4.49. The standard InChI is InChI=1S/C21H26N4O3/c1-15(2)23-20(26)16-5-7-18(8-6-16)24-21(27)19(17-4-3-9-22-14-17)25-10-12-28-13-11-25/h3-9,14-15,19H,10-13H2,1-2H3,(H,23,26)(H,24,27). The fourth-order valence-corrected chi connectivity index (χ4v) is 3.16. The van der Waals surface area contributed by atoms with Crippen molar-refractivity contribution >= 4 is 17.5 Å². The highest BCUT2D eigenvalue weighted by Crippen LogP contribution is 2.23.